The van der Waals surface area contributed by atoms with Crippen LogP contribution in [0.2, 0.25) is 0 Å². The highest BCUT2D eigenvalue weighted by atomic mass is 16.6. The SMILES string of the molecule is CC(=O)N1c2ccc(-c3ccc(C(=O)NCCCC(=O)OC(C)(C)C)cc3)cc2[C@H](Nc2ccc(C#N)cn2)C[C@@H]1C. The number of anilines is 2. The number of benzene rings is 2. The van der Waals surface area contributed by atoms with Crippen molar-refractivity contribution in [1.82, 2.24) is 10.3 Å². The summed E-state index contributed by atoms with van der Waals surface area (Å²) in [5, 5.41) is 15.4. The molecule has 4 rings (SSSR count). The predicted octanol–water partition coefficient (Wildman–Crippen LogP) is 5.77. The standard InChI is InChI=1S/C33H37N5O4/c1-21-17-28(37-30-15-8-23(19-34)20-36-30)27-18-26(13-14-29(27)38(21)22(2)39)24-9-11-25(12-10-24)32(41)35-16-6-7-31(40)42-33(3,4)5/h8-15,18,20-21,28H,6-7,16-17H2,1-5H3,(H,35,41)(H,36,37)/t21-,28+/m0/s1. The Labute approximate surface area is 246 Å². The largest absolute Gasteiger partial charge is 0.460 e. The molecular weight excluding hydrogens is 530 g/mol. The molecule has 0 spiro atoms. The van der Waals surface area contributed by atoms with Gasteiger partial charge in [0, 0.05) is 43.4 Å². The molecule has 0 aliphatic carbocycles. The summed E-state index contributed by atoms with van der Waals surface area (Å²) in [5.41, 5.74) is 4.19. The first-order valence-electron chi connectivity index (χ1n) is 14.1. The average molecular weight is 568 g/mol. The molecule has 0 saturated heterocycles. The van der Waals surface area contributed by atoms with Crippen molar-refractivity contribution in [2.75, 3.05) is 16.8 Å². The normalized spacial score (nSPS) is 16.1. The third-order valence-corrected chi connectivity index (χ3v) is 6.98. The zero-order valence-corrected chi connectivity index (χ0v) is 24.7. The molecule has 0 unspecified atom stereocenters. The molecule has 0 radical (unpaired) electrons. The van der Waals surface area contributed by atoms with E-state index in [0.29, 0.717) is 36.3 Å². The Hall–Kier alpha value is -4.71. The summed E-state index contributed by atoms with van der Waals surface area (Å²) in [6, 6.07) is 18.8. The van der Waals surface area contributed by atoms with Gasteiger partial charge in [-0.2, -0.15) is 5.26 Å². The van der Waals surface area contributed by atoms with Gasteiger partial charge < -0.3 is 20.3 Å². The maximum atomic E-state index is 12.6. The van der Waals surface area contributed by atoms with Crippen molar-refractivity contribution in [3.8, 4) is 17.2 Å². The van der Waals surface area contributed by atoms with Crippen LogP contribution in [-0.4, -0.2) is 41.0 Å². The third-order valence-electron chi connectivity index (χ3n) is 6.98. The molecule has 1 aliphatic heterocycles. The van der Waals surface area contributed by atoms with E-state index in [1.54, 1.807) is 31.2 Å². The van der Waals surface area contributed by atoms with Gasteiger partial charge in [-0.3, -0.25) is 14.4 Å². The number of nitrogens with zero attached hydrogens (tertiary/aromatic N) is 3. The van der Waals surface area contributed by atoms with Gasteiger partial charge in [0.05, 0.1) is 11.6 Å². The van der Waals surface area contributed by atoms with Crippen molar-refractivity contribution in [3.63, 3.8) is 0 Å². The molecular formula is C33H37N5O4. The van der Waals surface area contributed by atoms with E-state index in [1.165, 1.54) is 6.20 Å². The Bertz CT molecular complexity index is 1490. The molecule has 0 fully saturated rings. The maximum absolute atomic E-state index is 12.6. The van der Waals surface area contributed by atoms with Crippen LogP contribution in [0.25, 0.3) is 11.1 Å². The molecule has 218 valence electrons. The number of aromatic nitrogens is 1. The monoisotopic (exact) mass is 567 g/mol. The fraction of sp³-hybridized carbons (Fsp3) is 0.364. The number of carbonyl (C=O) groups excluding carboxylic acids is 3. The van der Waals surface area contributed by atoms with E-state index < -0.39 is 5.60 Å². The van der Waals surface area contributed by atoms with Gasteiger partial charge in [-0.1, -0.05) is 18.2 Å². The van der Waals surface area contributed by atoms with E-state index in [9.17, 15) is 14.4 Å². The maximum Gasteiger partial charge on any atom is 0.306 e. The van der Waals surface area contributed by atoms with Crippen LogP contribution in [0.4, 0.5) is 11.5 Å². The lowest BCUT2D eigenvalue weighted by Crippen LogP contribution is -2.43. The van der Waals surface area contributed by atoms with Crippen molar-refractivity contribution < 1.29 is 19.1 Å². The molecule has 2 amide bonds. The minimum atomic E-state index is -0.523. The molecule has 2 N–H and O–H groups in total. The van der Waals surface area contributed by atoms with Crippen molar-refractivity contribution in [3.05, 3.63) is 77.5 Å². The Morgan fingerprint density at radius 1 is 1.07 bits per heavy atom. The first-order valence-corrected chi connectivity index (χ1v) is 14.1. The van der Waals surface area contributed by atoms with Crippen LogP contribution in [0, 0.1) is 11.3 Å². The zero-order chi connectivity index (χ0) is 30.4. The Morgan fingerprint density at radius 2 is 1.79 bits per heavy atom. The van der Waals surface area contributed by atoms with E-state index in [1.807, 2.05) is 56.9 Å². The van der Waals surface area contributed by atoms with Crippen molar-refractivity contribution >= 4 is 29.3 Å². The van der Waals surface area contributed by atoms with Crippen molar-refractivity contribution in [2.45, 2.75) is 71.6 Å². The number of fused-ring (bicyclic) bond motifs is 1. The summed E-state index contributed by atoms with van der Waals surface area (Å²) in [7, 11) is 0. The molecule has 1 aliphatic rings. The summed E-state index contributed by atoms with van der Waals surface area (Å²) in [6.45, 7) is 9.45. The van der Waals surface area contributed by atoms with E-state index >= 15 is 0 Å². The zero-order valence-electron chi connectivity index (χ0n) is 24.7. The molecule has 0 bridgehead atoms. The summed E-state index contributed by atoms with van der Waals surface area (Å²) >= 11 is 0. The summed E-state index contributed by atoms with van der Waals surface area (Å²) in [5.74, 6) is 0.146. The number of rotatable bonds is 8. The summed E-state index contributed by atoms with van der Waals surface area (Å²) in [6.07, 6.45) is 2.96. The molecule has 2 aromatic carbocycles. The van der Waals surface area contributed by atoms with Crippen LogP contribution < -0.4 is 15.5 Å². The van der Waals surface area contributed by atoms with Gasteiger partial charge in [-0.05, 0) is 93.6 Å². The van der Waals surface area contributed by atoms with Gasteiger partial charge in [0.15, 0.2) is 0 Å². The number of esters is 1. The molecule has 1 aromatic heterocycles. The highest BCUT2D eigenvalue weighted by Crippen LogP contribution is 2.41. The van der Waals surface area contributed by atoms with E-state index in [2.05, 4.69) is 27.8 Å². The van der Waals surface area contributed by atoms with Crippen LogP contribution in [0.1, 0.15) is 81.4 Å². The molecule has 9 nitrogen and oxygen atoms in total. The van der Waals surface area contributed by atoms with E-state index in [0.717, 1.165) is 22.4 Å². The second kappa shape index (κ2) is 12.9. The van der Waals surface area contributed by atoms with Gasteiger partial charge in [0.2, 0.25) is 5.91 Å². The summed E-state index contributed by atoms with van der Waals surface area (Å²) < 4.78 is 5.30. The average Bonchev–Trinajstić information content (AvgIpc) is 2.94. The Morgan fingerprint density at radius 3 is 2.40 bits per heavy atom. The van der Waals surface area contributed by atoms with Crippen LogP contribution in [0.5, 0.6) is 0 Å². The Balaban J connectivity index is 1.48. The third kappa shape index (κ3) is 7.52. The topological polar surface area (TPSA) is 124 Å². The fourth-order valence-corrected chi connectivity index (χ4v) is 5.13. The van der Waals surface area contributed by atoms with E-state index in [4.69, 9.17) is 10.00 Å². The minimum absolute atomic E-state index is 0.0151. The van der Waals surface area contributed by atoms with Crippen LogP contribution in [-0.2, 0) is 14.3 Å². The molecule has 9 heteroatoms. The number of hydrogen-bond donors (Lipinski definition) is 2. The smallest absolute Gasteiger partial charge is 0.306 e. The molecule has 3 aromatic rings. The van der Waals surface area contributed by atoms with Crippen LogP contribution in [0.15, 0.2) is 60.8 Å². The van der Waals surface area contributed by atoms with Gasteiger partial charge >= 0.3 is 5.97 Å². The van der Waals surface area contributed by atoms with Gasteiger partial charge in [0.1, 0.15) is 17.5 Å². The number of hydrogen-bond acceptors (Lipinski definition) is 7. The second-order valence-corrected chi connectivity index (χ2v) is 11.5. The molecule has 42 heavy (non-hydrogen) atoms. The van der Waals surface area contributed by atoms with Gasteiger partial charge in [0.25, 0.3) is 5.91 Å². The molecule has 0 saturated carbocycles. The second-order valence-electron chi connectivity index (χ2n) is 11.5. The Kier molecular flexibility index (Phi) is 9.26. The highest BCUT2D eigenvalue weighted by molar-refractivity contribution is 5.95. The van der Waals surface area contributed by atoms with Gasteiger partial charge in [-0.25, -0.2) is 4.98 Å². The summed E-state index contributed by atoms with van der Waals surface area (Å²) in [4.78, 5) is 43.3. The lowest BCUT2D eigenvalue weighted by Gasteiger charge is -2.39. The van der Waals surface area contributed by atoms with Crippen molar-refractivity contribution in [2.24, 2.45) is 0 Å². The van der Waals surface area contributed by atoms with Crippen molar-refractivity contribution in [1.29, 1.82) is 5.26 Å². The predicted molar refractivity (Wildman–Crippen MR) is 162 cm³/mol. The first kappa shape index (κ1) is 30.3. The lowest BCUT2D eigenvalue weighted by atomic mass is 9.89. The fourth-order valence-electron chi connectivity index (χ4n) is 5.13. The van der Waals surface area contributed by atoms with Crippen LogP contribution >= 0.6 is 0 Å². The number of amides is 2. The molecule has 2 atom stereocenters. The minimum Gasteiger partial charge on any atom is -0.460 e. The van der Waals surface area contributed by atoms with E-state index in [-0.39, 0.29) is 36.3 Å². The van der Waals surface area contributed by atoms with Crippen LogP contribution in [0.3, 0.4) is 0 Å². The highest BCUT2D eigenvalue weighted by Gasteiger charge is 2.33. The number of nitrogens with one attached hydrogen (secondary N) is 2. The number of ether oxygens (including phenoxy) is 1. The quantitative estimate of drug-likeness (QED) is 0.262. The molecule has 2 heterocycles. The van der Waals surface area contributed by atoms with Gasteiger partial charge in [-0.15, -0.1) is 0 Å². The number of carbonyl (C=O) groups is 3. The number of nitriles is 1. The lowest BCUT2D eigenvalue weighted by molar-refractivity contribution is -0.154. The number of pyridine rings is 1. The first-order chi connectivity index (χ1) is 19.9.